The van der Waals surface area contributed by atoms with Crippen LogP contribution in [0.4, 0.5) is 0 Å². The molecule has 0 N–H and O–H groups in total. The number of nitroso groups, excluding NO2 is 1. The van der Waals surface area contributed by atoms with Gasteiger partial charge in [0, 0.05) is 0 Å². The second-order valence-corrected chi connectivity index (χ2v) is 3.42. The van der Waals surface area contributed by atoms with E-state index >= 15 is 0 Å². The van der Waals surface area contributed by atoms with Gasteiger partial charge in [-0.2, -0.15) is 0 Å². The van der Waals surface area contributed by atoms with Crippen molar-refractivity contribution in [3.8, 4) is 0 Å². The van der Waals surface area contributed by atoms with Gasteiger partial charge in [0.25, 0.3) is 0 Å². The Hall–Kier alpha value is -1.19. The van der Waals surface area contributed by atoms with Gasteiger partial charge < -0.3 is 4.74 Å². The normalized spacial score (nSPS) is 23.5. The second kappa shape index (κ2) is 5.52. The minimum absolute atomic E-state index is 0.386. The van der Waals surface area contributed by atoms with Crippen LogP contribution >= 0.6 is 0 Å². The van der Waals surface area contributed by atoms with E-state index in [9.17, 15) is 9.70 Å². The molecule has 1 aliphatic rings. The van der Waals surface area contributed by atoms with Crippen LogP contribution in [0.15, 0.2) is 16.4 Å². The summed E-state index contributed by atoms with van der Waals surface area (Å²) >= 11 is 0. The van der Waals surface area contributed by atoms with Crippen molar-refractivity contribution >= 4 is 5.97 Å². The summed E-state index contributed by atoms with van der Waals surface area (Å²) in [5.41, 5.74) is 0.860. The molecule has 0 atom stereocenters. The summed E-state index contributed by atoms with van der Waals surface area (Å²) in [5, 5.41) is 2.93. The number of esters is 1. The van der Waals surface area contributed by atoms with Crippen LogP contribution in [-0.2, 0) is 9.53 Å². The number of hydrogen-bond donors (Lipinski definition) is 0. The number of ether oxygens (including phenoxy) is 1. The van der Waals surface area contributed by atoms with Crippen molar-refractivity contribution in [2.45, 2.75) is 38.5 Å². The minimum Gasteiger partial charge on any atom is -0.466 e. The van der Waals surface area contributed by atoms with Crippen LogP contribution in [0.2, 0.25) is 0 Å². The highest BCUT2D eigenvalue weighted by Gasteiger charge is 2.18. The lowest BCUT2D eigenvalue weighted by atomic mass is 9.98. The largest absolute Gasteiger partial charge is 0.466 e. The van der Waals surface area contributed by atoms with E-state index in [-0.39, 0.29) is 0 Å². The van der Waals surface area contributed by atoms with Gasteiger partial charge in [-0.15, -0.1) is 4.91 Å². The summed E-state index contributed by atoms with van der Waals surface area (Å²) in [6, 6.07) is 0. The SMILES string of the molecule is COC(=O)/C1=C(\N=O)CCCCCC1. The van der Waals surface area contributed by atoms with E-state index in [1.165, 1.54) is 7.11 Å². The Morgan fingerprint density at radius 3 is 2.43 bits per heavy atom. The molecule has 0 radical (unpaired) electrons. The molecule has 0 unspecified atom stereocenters. The molecule has 0 aromatic heterocycles. The topological polar surface area (TPSA) is 55.7 Å². The molecule has 0 bridgehead atoms. The van der Waals surface area contributed by atoms with Crippen molar-refractivity contribution in [3.63, 3.8) is 0 Å². The maximum Gasteiger partial charge on any atom is 0.335 e. The van der Waals surface area contributed by atoms with Crippen LogP contribution in [0, 0.1) is 4.91 Å². The van der Waals surface area contributed by atoms with Gasteiger partial charge in [0.2, 0.25) is 0 Å². The lowest BCUT2D eigenvalue weighted by Gasteiger charge is -2.11. The molecule has 0 heterocycles. The monoisotopic (exact) mass is 197 g/mol. The molecule has 0 amide bonds. The molecule has 0 aromatic rings. The van der Waals surface area contributed by atoms with Crippen molar-refractivity contribution in [2.24, 2.45) is 5.18 Å². The highest BCUT2D eigenvalue weighted by atomic mass is 16.5. The van der Waals surface area contributed by atoms with Crippen LogP contribution in [0.5, 0.6) is 0 Å². The summed E-state index contributed by atoms with van der Waals surface area (Å²) in [6.07, 6.45) is 5.30. The van der Waals surface area contributed by atoms with Gasteiger partial charge in [0.15, 0.2) is 0 Å². The number of carbonyl (C=O) groups is 1. The van der Waals surface area contributed by atoms with E-state index in [4.69, 9.17) is 0 Å². The Kier molecular flexibility index (Phi) is 4.29. The second-order valence-electron chi connectivity index (χ2n) is 3.42. The van der Waals surface area contributed by atoms with Crippen LogP contribution in [-0.4, -0.2) is 13.1 Å². The number of carbonyl (C=O) groups excluding carboxylic acids is 1. The number of allylic oxidation sites excluding steroid dienone is 1. The lowest BCUT2D eigenvalue weighted by Crippen LogP contribution is -2.09. The lowest BCUT2D eigenvalue weighted by molar-refractivity contribution is -0.136. The molecule has 78 valence electrons. The molecule has 4 nitrogen and oxygen atoms in total. The number of rotatable bonds is 2. The fraction of sp³-hybridized carbons (Fsp3) is 0.700. The fourth-order valence-corrected chi connectivity index (χ4v) is 1.69. The molecule has 0 spiro atoms. The van der Waals surface area contributed by atoms with Gasteiger partial charge in [-0.05, 0) is 30.9 Å². The molecule has 1 rings (SSSR count). The molecule has 14 heavy (non-hydrogen) atoms. The van der Waals surface area contributed by atoms with Gasteiger partial charge >= 0.3 is 5.97 Å². The Morgan fingerprint density at radius 1 is 1.21 bits per heavy atom. The third kappa shape index (κ3) is 2.65. The van der Waals surface area contributed by atoms with Crippen molar-refractivity contribution in [1.29, 1.82) is 0 Å². The molecular weight excluding hydrogens is 182 g/mol. The van der Waals surface area contributed by atoms with E-state index in [0.717, 1.165) is 25.7 Å². The quantitative estimate of drug-likeness (QED) is 0.505. The number of methoxy groups -OCH3 is 1. The molecule has 0 saturated heterocycles. The van der Waals surface area contributed by atoms with Crippen LogP contribution in [0.25, 0.3) is 0 Å². The van der Waals surface area contributed by atoms with Crippen LogP contribution < -0.4 is 0 Å². The third-order valence-corrected chi connectivity index (χ3v) is 2.48. The van der Waals surface area contributed by atoms with E-state index < -0.39 is 5.97 Å². The average Bonchev–Trinajstić information content (AvgIpc) is 2.17. The third-order valence-electron chi connectivity index (χ3n) is 2.48. The highest BCUT2D eigenvalue weighted by Crippen LogP contribution is 2.24. The zero-order chi connectivity index (χ0) is 10.4. The average molecular weight is 197 g/mol. The molecule has 0 aromatic carbocycles. The molecule has 1 aliphatic carbocycles. The smallest absolute Gasteiger partial charge is 0.335 e. The summed E-state index contributed by atoms with van der Waals surface area (Å²) in [5.74, 6) is -0.401. The Labute approximate surface area is 83.3 Å². The van der Waals surface area contributed by atoms with Gasteiger partial charge in [-0.3, -0.25) is 0 Å². The first-order valence-corrected chi connectivity index (χ1v) is 4.93. The maximum absolute atomic E-state index is 11.3. The molecule has 4 heteroatoms. The Morgan fingerprint density at radius 2 is 1.86 bits per heavy atom. The zero-order valence-corrected chi connectivity index (χ0v) is 8.41. The van der Waals surface area contributed by atoms with Crippen LogP contribution in [0.3, 0.4) is 0 Å². The fourth-order valence-electron chi connectivity index (χ4n) is 1.69. The molecule has 0 aliphatic heterocycles. The van der Waals surface area contributed by atoms with Gasteiger partial charge in [0.1, 0.15) is 0 Å². The Bertz CT molecular complexity index is 258. The van der Waals surface area contributed by atoms with Crippen molar-refractivity contribution in [3.05, 3.63) is 16.2 Å². The first-order valence-electron chi connectivity index (χ1n) is 4.93. The first-order chi connectivity index (χ1) is 6.79. The van der Waals surface area contributed by atoms with Gasteiger partial charge in [-0.25, -0.2) is 4.79 Å². The zero-order valence-electron chi connectivity index (χ0n) is 8.41. The Balaban J connectivity index is 2.87. The number of nitrogens with zero attached hydrogens (tertiary/aromatic N) is 1. The van der Waals surface area contributed by atoms with Crippen molar-refractivity contribution in [1.82, 2.24) is 0 Å². The van der Waals surface area contributed by atoms with E-state index in [2.05, 4.69) is 9.91 Å². The molecule has 0 fully saturated rings. The predicted octanol–water partition coefficient (Wildman–Crippen LogP) is 2.53. The summed E-state index contributed by atoms with van der Waals surface area (Å²) in [6.45, 7) is 0. The summed E-state index contributed by atoms with van der Waals surface area (Å²) < 4.78 is 4.62. The highest BCUT2D eigenvalue weighted by molar-refractivity contribution is 5.89. The van der Waals surface area contributed by atoms with Crippen LogP contribution in [0.1, 0.15) is 38.5 Å². The van der Waals surface area contributed by atoms with Crippen molar-refractivity contribution < 1.29 is 9.53 Å². The van der Waals surface area contributed by atoms with Gasteiger partial charge in [-0.1, -0.05) is 12.8 Å². The minimum atomic E-state index is -0.401. The predicted molar refractivity (Wildman–Crippen MR) is 52.5 cm³/mol. The summed E-state index contributed by atoms with van der Waals surface area (Å²) in [4.78, 5) is 21.9. The summed E-state index contributed by atoms with van der Waals surface area (Å²) in [7, 11) is 1.33. The van der Waals surface area contributed by atoms with Crippen molar-refractivity contribution in [2.75, 3.05) is 7.11 Å². The molecular formula is C10H15NO3. The van der Waals surface area contributed by atoms with E-state index in [1.807, 2.05) is 0 Å². The van der Waals surface area contributed by atoms with E-state index in [0.29, 0.717) is 24.1 Å². The number of hydrogen-bond acceptors (Lipinski definition) is 4. The standard InChI is InChI=1S/C10H15NO3/c1-14-10(12)8-6-4-2-3-5-7-9(8)11-13/h2-7H2,1H3/b9-8-. The maximum atomic E-state index is 11.3. The van der Waals surface area contributed by atoms with E-state index in [1.54, 1.807) is 0 Å². The molecule has 0 saturated carbocycles. The first kappa shape index (κ1) is 10.9. The van der Waals surface area contributed by atoms with Gasteiger partial charge in [0.05, 0.1) is 18.4 Å².